The van der Waals surface area contributed by atoms with E-state index in [1.54, 1.807) is 0 Å². The molecule has 3 rings (SSSR count). The topological polar surface area (TPSA) is 41.1 Å². The average molecular weight is 401 g/mol. The largest absolute Gasteiger partial charge is 0.322 e. The number of carbonyl (C=O) groups is 1. The first-order chi connectivity index (χ1) is 12.2. The second kappa shape index (κ2) is 9.16. The Labute approximate surface area is 158 Å². The van der Waals surface area contributed by atoms with Crippen LogP contribution < -0.4 is 10.6 Å². The molecule has 1 aliphatic rings. The second-order valence-corrected chi connectivity index (χ2v) is 7.71. The molecule has 2 aromatic carbocycles. The molecule has 1 fully saturated rings. The van der Waals surface area contributed by atoms with Crippen molar-refractivity contribution in [3.8, 4) is 0 Å². The van der Waals surface area contributed by atoms with E-state index in [2.05, 4.69) is 38.7 Å². The average Bonchev–Trinajstić information content (AvgIpc) is 2.64. The lowest BCUT2D eigenvalue weighted by molar-refractivity contribution is 0.102. The Morgan fingerprint density at radius 1 is 1.04 bits per heavy atom. The van der Waals surface area contributed by atoms with Crippen LogP contribution >= 0.6 is 15.9 Å². The highest BCUT2D eigenvalue weighted by Crippen LogP contribution is 2.23. The van der Waals surface area contributed by atoms with Crippen LogP contribution in [0.15, 0.2) is 53.0 Å². The van der Waals surface area contributed by atoms with Crippen molar-refractivity contribution in [3.05, 3.63) is 64.1 Å². The van der Waals surface area contributed by atoms with Crippen molar-refractivity contribution in [1.82, 2.24) is 5.32 Å². The van der Waals surface area contributed by atoms with E-state index in [1.165, 1.54) is 37.7 Å². The number of carbonyl (C=O) groups excluding carboxylic acids is 1. The first kappa shape index (κ1) is 18.2. The van der Waals surface area contributed by atoms with Gasteiger partial charge in [0.1, 0.15) is 0 Å². The normalized spacial score (nSPS) is 15.1. The van der Waals surface area contributed by atoms with E-state index in [-0.39, 0.29) is 5.91 Å². The zero-order valence-corrected chi connectivity index (χ0v) is 16.0. The number of nitrogens with one attached hydrogen (secondary N) is 2. The predicted octanol–water partition coefficient (Wildman–Crippen LogP) is 5.37. The van der Waals surface area contributed by atoms with Gasteiger partial charge in [0.15, 0.2) is 0 Å². The Hall–Kier alpha value is -1.65. The highest BCUT2D eigenvalue weighted by Gasteiger charge is 2.12. The van der Waals surface area contributed by atoms with Crippen molar-refractivity contribution in [2.75, 3.05) is 11.9 Å². The fraction of sp³-hybridized carbons (Fsp3) is 0.381. The summed E-state index contributed by atoms with van der Waals surface area (Å²) in [5.74, 6) is 0.752. The van der Waals surface area contributed by atoms with Crippen molar-refractivity contribution in [3.63, 3.8) is 0 Å². The first-order valence-electron chi connectivity index (χ1n) is 9.07. The quantitative estimate of drug-likeness (QED) is 0.683. The van der Waals surface area contributed by atoms with Crippen molar-refractivity contribution in [1.29, 1.82) is 0 Å². The Kier molecular flexibility index (Phi) is 6.65. The molecule has 0 atom stereocenters. The molecule has 0 spiro atoms. The molecule has 0 bridgehead atoms. The van der Waals surface area contributed by atoms with Crippen LogP contribution in [0, 0.1) is 5.92 Å². The maximum Gasteiger partial charge on any atom is 0.255 e. The monoisotopic (exact) mass is 400 g/mol. The first-order valence-corrected chi connectivity index (χ1v) is 9.86. The molecule has 0 aliphatic heterocycles. The molecule has 4 heteroatoms. The maximum atomic E-state index is 12.3. The number of anilines is 1. The van der Waals surface area contributed by atoms with E-state index >= 15 is 0 Å². The van der Waals surface area contributed by atoms with Gasteiger partial charge in [0.2, 0.25) is 0 Å². The summed E-state index contributed by atoms with van der Waals surface area (Å²) in [5.41, 5.74) is 2.71. The Morgan fingerprint density at radius 3 is 2.52 bits per heavy atom. The van der Waals surface area contributed by atoms with Gasteiger partial charge in [0.05, 0.1) is 0 Å². The van der Waals surface area contributed by atoms with Crippen LogP contribution in [0.5, 0.6) is 0 Å². The van der Waals surface area contributed by atoms with Gasteiger partial charge in [-0.15, -0.1) is 0 Å². The highest BCUT2D eigenvalue weighted by molar-refractivity contribution is 9.10. The lowest BCUT2D eigenvalue weighted by Crippen LogP contribution is -2.24. The minimum atomic E-state index is -0.0931. The van der Waals surface area contributed by atoms with Gasteiger partial charge in [-0.05, 0) is 61.2 Å². The van der Waals surface area contributed by atoms with Gasteiger partial charge in [0.25, 0.3) is 5.91 Å². The van der Waals surface area contributed by atoms with Gasteiger partial charge in [-0.3, -0.25) is 4.79 Å². The standard InChI is InChI=1S/C21H25BrN2O/c22-19-8-4-7-18(13-19)21(25)24-20-11-9-17(10-12-20)15-23-14-16-5-2-1-3-6-16/h4,7-13,16,23H,1-3,5-6,14-15H2,(H,24,25). The van der Waals surface area contributed by atoms with Gasteiger partial charge in [-0.1, -0.05) is 53.4 Å². The number of halogens is 1. The lowest BCUT2D eigenvalue weighted by Gasteiger charge is -2.21. The van der Waals surface area contributed by atoms with Gasteiger partial charge < -0.3 is 10.6 Å². The van der Waals surface area contributed by atoms with Gasteiger partial charge in [-0.2, -0.15) is 0 Å². The molecule has 0 unspecified atom stereocenters. The molecule has 0 heterocycles. The molecule has 2 N–H and O–H groups in total. The summed E-state index contributed by atoms with van der Waals surface area (Å²) in [6.07, 6.45) is 6.92. The number of rotatable bonds is 6. The van der Waals surface area contributed by atoms with Crippen LogP contribution in [0.1, 0.15) is 48.0 Å². The van der Waals surface area contributed by atoms with Crippen LogP contribution in [0.4, 0.5) is 5.69 Å². The Balaban J connectivity index is 1.47. The molecular formula is C21H25BrN2O. The van der Waals surface area contributed by atoms with Gasteiger partial charge in [-0.25, -0.2) is 0 Å². The fourth-order valence-electron chi connectivity index (χ4n) is 3.35. The smallest absolute Gasteiger partial charge is 0.255 e. The summed E-state index contributed by atoms with van der Waals surface area (Å²) >= 11 is 3.39. The molecular weight excluding hydrogens is 376 g/mol. The summed E-state index contributed by atoms with van der Waals surface area (Å²) in [4.78, 5) is 12.3. The molecule has 0 radical (unpaired) electrons. The zero-order chi connectivity index (χ0) is 17.5. The Bertz CT molecular complexity index is 693. The molecule has 1 amide bonds. The van der Waals surface area contributed by atoms with Crippen LogP contribution in [0.2, 0.25) is 0 Å². The maximum absolute atomic E-state index is 12.3. The van der Waals surface area contributed by atoms with Crippen LogP contribution in [0.25, 0.3) is 0 Å². The molecule has 0 aromatic heterocycles. The molecule has 0 saturated heterocycles. The number of benzene rings is 2. The van der Waals surface area contributed by atoms with Crippen molar-refractivity contribution >= 4 is 27.5 Å². The van der Waals surface area contributed by atoms with Gasteiger partial charge >= 0.3 is 0 Å². The molecule has 2 aromatic rings. The molecule has 1 saturated carbocycles. The molecule has 1 aliphatic carbocycles. The minimum Gasteiger partial charge on any atom is -0.322 e. The summed E-state index contributed by atoms with van der Waals surface area (Å²) < 4.78 is 0.902. The van der Waals surface area contributed by atoms with E-state index in [4.69, 9.17) is 0 Å². The fourth-order valence-corrected chi connectivity index (χ4v) is 3.75. The van der Waals surface area contributed by atoms with Crippen LogP contribution in [-0.2, 0) is 6.54 Å². The van der Waals surface area contributed by atoms with Crippen molar-refractivity contribution < 1.29 is 4.79 Å². The Morgan fingerprint density at radius 2 is 1.80 bits per heavy atom. The summed E-state index contributed by atoms with van der Waals surface area (Å²) in [7, 11) is 0. The SMILES string of the molecule is O=C(Nc1ccc(CNCC2CCCCC2)cc1)c1cccc(Br)c1. The summed E-state index contributed by atoms with van der Waals surface area (Å²) in [6.45, 7) is 2.00. The lowest BCUT2D eigenvalue weighted by atomic mass is 9.89. The van der Waals surface area contributed by atoms with E-state index in [0.717, 1.165) is 29.2 Å². The third-order valence-electron chi connectivity index (χ3n) is 4.79. The summed E-state index contributed by atoms with van der Waals surface area (Å²) in [6, 6.07) is 15.5. The molecule has 3 nitrogen and oxygen atoms in total. The third kappa shape index (κ3) is 5.68. The van der Waals surface area contributed by atoms with E-state index in [1.807, 2.05) is 36.4 Å². The summed E-state index contributed by atoms with van der Waals surface area (Å²) in [5, 5.41) is 6.51. The number of hydrogen-bond acceptors (Lipinski definition) is 2. The number of amides is 1. The molecule has 132 valence electrons. The second-order valence-electron chi connectivity index (χ2n) is 6.80. The van der Waals surface area contributed by atoms with E-state index < -0.39 is 0 Å². The number of hydrogen-bond donors (Lipinski definition) is 2. The van der Waals surface area contributed by atoms with E-state index in [0.29, 0.717) is 5.56 Å². The predicted molar refractivity (Wildman–Crippen MR) is 107 cm³/mol. The van der Waals surface area contributed by atoms with Crippen LogP contribution in [0.3, 0.4) is 0 Å². The van der Waals surface area contributed by atoms with Crippen molar-refractivity contribution in [2.24, 2.45) is 5.92 Å². The zero-order valence-electron chi connectivity index (χ0n) is 14.4. The van der Waals surface area contributed by atoms with Crippen molar-refractivity contribution in [2.45, 2.75) is 38.6 Å². The highest BCUT2D eigenvalue weighted by atomic mass is 79.9. The van der Waals surface area contributed by atoms with Crippen LogP contribution in [-0.4, -0.2) is 12.5 Å². The molecule has 25 heavy (non-hydrogen) atoms. The van der Waals surface area contributed by atoms with E-state index in [9.17, 15) is 4.79 Å². The van der Waals surface area contributed by atoms with Gasteiger partial charge in [0, 0.05) is 22.3 Å². The minimum absolute atomic E-state index is 0.0931. The third-order valence-corrected chi connectivity index (χ3v) is 5.28.